The maximum Gasteiger partial charge on any atom is 0.490 e. The van der Waals surface area contributed by atoms with E-state index in [4.69, 9.17) is 14.6 Å². The molecule has 0 aliphatic carbocycles. The number of carboxylic acids is 1. The van der Waals surface area contributed by atoms with Crippen LogP contribution in [0.1, 0.15) is 36.8 Å². The number of anilines is 1. The fourth-order valence-electron chi connectivity index (χ4n) is 4.03. The van der Waals surface area contributed by atoms with E-state index in [0.717, 1.165) is 29.0 Å². The van der Waals surface area contributed by atoms with Crippen LogP contribution >= 0.6 is 11.3 Å². The van der Waals surface area contributed by atoms with Crippen LogP contribution in [0.2, 0.25) is 0 Å². The van der Waals surface area contributed by atoms with E-state index in [2.05, 4.69) is 5.32 Å². The lowest BCUT2D eigenvalue weighted by atomic mass is 10.0. The summed E-state index contributed by atoms with van der Waals surface area (Å²) < 4.78 is 50.9. The van der Waals surface area contributed by atoms with Gasteiger partial charge in [0.2, 0.25) is 0 Å². The minimum atomic E-state index is -5.08. The highest BCUT2D eigenvalue weighted by Crippen LogP contribution is 2.32. The molecule has 2 unspecified atom stereocenters. The van der Waals surface area contributed by atoms with Crippen molar-refractivity contribution in [1.82, 2.24) is 5.32 Å². The SMILES string of the molecule is CN(C(=O)OC1CC2CCC(C1)N2)c1sccc1Cc1cccc(F)c1.O=C(O)C(F)(F)F. The fraction of sp³-hybridized carbons (Fsp3) is 0.455. The van der Waals surface area contributed by atoms with Gasteiger partial charge in [-0.3, -0.25) is 4.90 Å². The number of aliphatic carboxylic acids is 1. The summed E-state index contributed by atoms with van der Waals surface area (Å²) in [4.78, 5) is 23.1. The van der Waals surface area contributed by atoms with Gasteiger partial charge in [0, 0.05) is 25.6 Å². The molecule has 2 aliphatic rings. The smallest absolute Gasteiger partial charge is 0.475 e. The molecule has 2 aliphatic heterocycles. The lowest BCUT2D eigenvalue weighted by molar-refractivity contribution is -0.192. The van der Waals surface area contributed by atoms with Crippen LogP contribution in [-0.4, -0.2) is 48.6 Å². The number of benzene rings is 1. The number of rotatable bonds is 4. The van der Waals surface area contributed by atoms with E-state index in [0.29, 0.717) is 18.5 Å². The van der Waals surface area contributed by atoms with Crippen molar-refractivity contribution in [3.63, 3.8) is 0 Å². The third-order valence-electron chi connectivity index (χ3n) is 5.53. The molecule has 1 aromatic carbocycles. The number of carbonyl (C=O) groups excluding carboxylic acids is 1. The third kappa shape index (κ3) is 6.91. The Labute approximate surface area is 192 Å². The van der Waals surface area contributed by atoms with Crippen LogP contribution in [0.25, 0.3) is 0 Å². The first kappa shape index (κ1) is 25.0. The Morgan fingerprint density at radius 3 is 2.42 bits per heavy atom. The monoisotopic (exact) mass is 488 g/mol. The van der Waals surface area contributed by atoms with Crippen molar-refractivity contribution < 1.29 is 37.0 Å². The van der Waals surface area contributed by atoms with E-state index in [1.54, 1.807) is 18.0 Å². The van der Waals surface area contributed by atoms with Crippen LogP contribution in [0.5, 0.6) is 0 Å². The molecule has 0 saturated carbocycles. The van der Waals surface area contributed by atoms with Crippen LogP contribution in [0.3, 0.4) is 0 Å². The molecule has 1 amide bonds. The van der Waals surface area contributed by atoms with E-state index < -0.39 is 12.1 Å². The van der Waals surface area contributed by atoms with Crippen molar-refractivity contribution in [1.29, 1.82) is 0 Å². The first-order valence-electron chi connectivity index (χ1n) is 10.3. The Bertz CT molecular complexity index is 969. The molecule has 0 spiro atoms. The number of nitrogens with one attached hydrogen (secondary N) is 1. The fourth-order valence-corrected chi connectivity index (χ4v) is 4.91. The molecule has 2 atom stereocenters. The summed E-state index contributed by atoms with van der Waals surface area (Å²) in [5.74, 6) is -3.00. The summed E-state index contributed by atoms with van der Waals surface area (Å²) in [5, 5.41) is 13.5. The number of carboxylic acid groups (broad SMARTS) is 1. The molecule has 1 aromatic heterocycles. The quantitative estimate of drug-likeness (QED) is 0.595. The molecule has 0 radical (unpaired) electrons. The molecular formula is C22H24F4N2O4S. The molecule has 33 heavy (non-hydrogen) atoms. The van der Waals surface area contributed by atoms with E-state index in [1.807, 2.05) is 17.5 Å². The molecule has 2 N–H and O–H groups in total. The van der Waals surface area contributed by atoms with Crippen LogP contribution < -0.4 is 10.2 Å². The van der Waals surface area contributed by atoms with Gasteiger partial charge in [-0.25, -0.2) is 14.0 Å². The summed E-state index contributed by atoms with van der Waals surface area (Å²) in [6.45, 7) is 0. The summed E-state index contributed by atoms with van der Waals surface area (Å²) >= 11 is 1.50. The number of nitrogens with zero attached hydrogens (tertiary/aromatic N) is 1. The minimum Gasteiger partial charge on any atom is -0.475 e. The largest absolute Gasteiger partial charge is 0.490 e. The summed E-state index contributed by atoms with van der Waals surface area (Å²) in [7, 11) is 1.75. The Kier molecular flexibility index (Phi) is 7.96. The van der Waals surface area contributed by atoms with E-state index in [1.165, 1.54) is 36.3 Å². The van der Waals surface area contributed by atoms with Crippen molar-refractivity contribution in [2.45, 2.75) is 56.5 Å². The molecule has 2 saturated heterocycles. The average Bonchev–Trinajstić information content (AvgIpc) is 3.33. The van der Waals surface area contributed by atoms with Crippen LogP contribution in [0.15, 0.2) is 35.7 Å². The number of hydrogen-bond acceptors (Lipinski definition) is 5. The standard InChI is InChI=1S/C20H23FN2O2S.C2HF3O2/c1-23(20(24)25-18-11-16-5-6-17(12-18)22-16)19-14(7-8-26-19)9-13-3-2-4-15(21)10-13;3-2(4,5)1(6)7/h2-4,7-8,10,16-18,22H,5-6,9,11-12H2,1H3;(H,6,7). The van der Waals surface area contributed by atoms with Crippen molar-refractivity contribution >= 4 is 28.4 Å². The molecule has 6 nitrogen and oxygen atoms in total. The Morgan fingerprint density at radius 1 is 1.21 bits per heavy atom. The van der Waals surface area contributed by atoms with Crippen molar-refractivity contribution in [2.24, 2.45) is 0 Å². The normalized spacial score (nSPS) is 21.7. The maximum absolute atomic E-state index is 13.4. The van der Waals surface area contributed by atoms with Gasteiger partial charge in [-0.1, -0.05) is 12.1 Å². The number of alkyl halides is 3. The second-order valence-electron chi connectivity index (χ2n) is 8.03. The van der Waals surface area contributed by atoms with Gasteiger partial charge in [0.1, 0.15) is 16.9 Å². The van der Waals surface area contributed by atoms with Gasteiger partial charge in [0.05, 0.1) is 0 Å². The number of fused-ring (bicyclic) bond motifs is 2. The molecule has 2 bridgehead atoms. The second-order valence-corrected chi connectivity index (χ2v) is 8.93. The maximum atomic E-state index is 13.4. The first-order chi connectivity index (χ1) is 15.5. The average molecular weight is 489 g/mol. The van der Waals surface area contributed by atoms with Crippen molar-refractivity contribution in [3.8, 4) is 0 Å². The highest BCUT2D eigenvalue weighted by atomic mass is 32.1. The zero-order valence-corrected chi connectivity index (χ0v) is 18.6. The van der Waals surface area contributed by atoms with Gasteiger partial charge >= 0.3 is 18.2 Å². The summed E-state index contributed by atoms with van der Waals surface area (Å²) in [6.07, 6.45) is -0.650. The van der Waals surface area contributed by atoms with E-state index >= 15 is 0 Å². The van der Waals surface area contributed by atoms with E-state index in [-0.39, 0.29) is 18.0 Å². The predicted octanol–water partition coefficient (Wildman–Crippen LogP) is 4.97. The van der Waals surface area contributed by atoms with Crippen LogP contribution in [0, 0.1) is 5.82 Å². The Morgan fingerprint density at radius 2 is 1.85 bits per heavy atom. The van der Waals surface area contributed by atoms with Gasteiger partial charge < -0.3 is 15.2 Å². The van der Waals surface area contributed by atoms with E-state index in [9.17, 15) is 22.4 Å². The Hall–Kier alpha value is -2.66. The second kappa shape index (κ2) is 10.5. The lowest BCUT2D eigenvalue weighted by Crippen LogP contribution is -2.43. The molecule has 2 fully saturated rings. The van der Waals surface area contributed by atoms with Gasteiger partial charge in [-0.2, -0.15) is 13.2 Å². The Balaban J connectivity index is 0.000000383. The predicted molar refractivity (Wildman–Crippen MR) is 115 cm³/mol. The summed E-state index contributed by atoms with van der Waals surface area (Å²) in [5.41, 5.74) is 1.90. The molecule has 11 heteroatoms. The molecular weight excluding hydrogens is 464 g/mol. The first-order valence-corrected chi connectivity index (χ1v) is 11.2. The summed E-state index contributed by atoms with van der Waals surface area (Å²) in [6, 6.07) is 9.54. The minimum absolute atomic E-state index is 0.00432. The number of hydrogen-bond donors (Lipinski definition) is 2. The lowest BCUT2D eigenvalue weighted by Gasteiger charge is -2.30. The number of piperidine rings is 1. The number of carbonyl (C=O) groups is 2. The highest BCUT2D eigenvalue weighted by molar-refractivity contribution is 7.14. The zero-order valence-electron chi connectivity index (χ0n) is 17.8. The van der Waals surface area contributed by atoms with Gasteiger partial charge in [0.25, 0.3) is 0 Å². The third-order valence-corrected chi connectivity index (χ3v) is 6.56. The number of ether oxygens (including phenoxy) is 1. The topological polar surface area (TPSA) is 78.9 Å². The van der Waals surface area contributed by atoms with Crippen LogP contribution in [-0.2, 0) is 16.0 Å². The van der Waals surface area contributed by atoms with Crippen molar-refractivity contribution in [3.05, 3.63) is 52.7 Å². The number of halogens is 4. The highest BCUT2D eigenvalue weighted by Gasteiger charge is 2.38. The molecule has 2 aromatic rings. The molecule has 4 rings (SSSR count). The van der Waals surface area contributed by atoms with Crippen molar-refractivity contribution in [2.75, 3.05) is 11.9 Å². The van der Waals surface area contributed by atoms with Gasteiger partial charge in [-0.05, 0) is 60.4 Å². The molecule has 3 heterocycles. The zero-order chi connectivity index (χ0) is 24.2. The number of thiophene rings is 1. The molecule has 180 valence electrons. The van der Waals surface area contributed by atoms with Gasteiger partial charge in [-0.15, -0.1) is 11.3 Å². The van der Waals surface area contributed by atoms with Crippen LogP contribution in [0.4, 0.5) is 27.4 Å². The van der Waals surface area contributed by atoms with Gasteiger partial charge in [0.15, 0.2) is 0 Å². The number of amides is 1.